The van der Waals surface area contributed by atoms with Gasteiger partial charge in [-0.1, -0.05) is 15.9 Å². The molecule has 0 fully saturated rings. The third-order valence-electron chi connectivity index (χ3n) is 0.782. The highest BCUT2D eigenvalue weighted by molar-refractivity contribution is 9.09. The fourth-order valence-corrected chi connectivity index (χ4v) is 0.807. The molecule has 0 bridgehead atoms. The molecule has 66 valence electrons. The van der Waals surface area contributed by atoms with Crippen molar-refractivity contribution in [2.45, 2.75) is 37.7 Å². The summed E-state index contributed by atoms with van der Waals surface area (Å²) in [6.45, 7) is 5.47. The summed E-state index contributed by atoms with van der Waals surface area (Å²) in [4.78, 5) is 10.6. The summed E-state index contributed by atoms with van der Waals surface area (Å²) in [7, 11) is 0. The Balaban J connectivity index is 3.71. The van der Waals surface area contributed by atoms with E-state index in [4.69, 9.17) is 10.5 Å². The molecule has 11 heavy (non-hydrogen) atoms. The number of hydrogen-bond acceptors (Lipinski definition) is 3. The average molecular weight is 224 g/mol. The van der Waals surface area contributed by atoms with Gasteiger partial charge in [-0.05, 0) is 20.8 Å². The summed E-state index contributed by atoms with van der Waals surface area (Å²) in [5, 5.41) is 0. The highest BCUT2D eigenvalue weighted by Crippen LogP contribution is 2.09. The Hall–Kier alpha value is -0.0900. The summed E-state index contributed by atoms with van der Waals surface area (Å²) in [5.74, 6) is -0.276. The predicted molar refractivity (Wildman–Crippen MR) is 47.4 cm³/mol. The quantitative estimate of drug-likeness (QED) is 0.438. The Bertz CT molecular complexity index is 140. The standard InChI is InChI=1S/C7H14BrNO2/c1-7(2,3)11-6(10)4-5(8)9/h5H,4,9H2,1-3H3. The topological polar surface area (TPSA) is 52.3 Å². The van der Waals surface area contributed by atoms with Crippen LogP contribution in [0, 0.1) is 0 Å². The molecule has 0 saturated carbocycles. The highest BCUT2D eigenvalue weighted by Gasteiger charge is 2.17. The zero-order chi connectivity index (χ0) is 9.07. The third kappa shape index (κ3) is 7.81. The first-order valence-corrected chi connectivity index (χ1v) is 4.34. The van der Waals surface area contributed by atoms with Gasteiger partial charge in [-0.25, -0.2) is 0 Å². The van der Waals surface area contributed by atoms with Crippen molar-refractivity contribution < 1.29 is 9.53 Å². The summed E-state index contributed by atoms with van der Waals surface area (Å²) in [6, 6.07) is 0. The van der Waals surface area contributed by atoms with E-state index in [-0.39, 0.29) is 17.3 Å². The van der Waals surface area contributed by atoms with Gasteiger partial charge in [0.1, 0.15) is 5.60 Å². The lowest BCUT2D eigenvalue weighted by Crippen LogP contribution is -2.27. The minimum absolute atomic E-state index is 0.206. The van der Waals surface area contributed by atoms with Crippen molar-refractivity contribution in [3.05, 3.63) is 0 Å². The van der Waals surface area contributed by atoms with Gasteiger partial charge in [0.15, 0.2) is 0 Å². The van der Waals surface area contributed by atoms with Gasteiger partial charge in [0.05, 0.1) is 11.4 Å². The molecule has 0 aromatic carbocycles. The van der Waals surface area contributed by atoms with Gasteiger partial charge >= 0.3 is 5.97 Å². The van der Waals surface area contributed by atoms with Gasteiger partial charge in [-0.3, -0.25) is 4.79 Å². The Morgan fingerprint density at radius 3 is 2.36 bits per heavy atom. The van der Waals surface area contributed by atoms with E-state index in [9.17, 15) is 4.79 Å². The van der Waals surface area contributed by atoms with E-state index in [1.807, 2.05) is 20.8 Å². The SMILES string of the molecule is CC(C)(C)OC(=O)CC(N)Br. The van der Waals surface area contributed by atoms with Crippen LogP contribution in [0.5, 0.6) is 0 Å². The molecule has 0 aliphatic heterocycles. The molecule has 0 aromatic rings. The largest absolute Gasteiger partial charge is 0.460 e. The smallest absolute Gasteiger partial charge is 0.308 e. The van der Waals surface area contributed by atoms with E-state index < -0.39 is 5.60 Å². The van der Waals surface area contributed by atoms with Gasteiger partial charge in [0, 0.05) is 0 Å². The summed E-state index contributed by atoms with van der Waals surface area (Å²) in [5.41, 5.74) is 4.91. The fourth-order valence-electron chi connectivity index (χ4n) is 0.542. The second-order valence-electron chi connectivity index (χ2n) is 3.31. The number of halogens is 1. The Morgan fingerprint density at radius 1 is 1.64 bits per heavy atom. The van der Waals surface area contributed by atoms with Crippen LogP contribution in [0.25, 0.3) is 0 Å². The van der Waals surface area contributed by atoms with Gasteiger partial charge in [0.25, 0.3) is 0 Å². The van der Waals surface area contributed by atoms with Crippen LogP contribution in [0.1, 0.15) is 27.2 Å². The van der Waals surface area contributed by atoms with Crippen molar-refractivity contribution in [1.29, 1.82) is 0 Å². The average Bonchev–Trinajstić information content (AvgIpc) is 1.53. The second-order valence-corrected chi connectivity index (χ2v) is 4.48. The number of carbonyl (C=O) groups is 1. The van der Waals surface area contributed by atoms with Crippen molar-refractivity contribution in [1.82, 2.24) is 0 Å². The van der Waals surface area contributed by atoms with E-state index in [0.717, 1.165) is 0 Å². The lowest BCUT2D eigenvalue weighted by atomic mass is 10.2. The van der Waals surface area contributed by atoms with E-state index in [1.54, 1.807) is 0 Å². The van der Waals surface area contributed by atoms with Crippen LogP contribution in [-0.4, -0.2) is 16.5 Å². The predicted octanol–water partition coefficient (Wildman–Crippen LogP) is 1.40. The van der Waals surface area contributed by atoms with Crippen molar-refractivity contribution >= 4 is 21.9 Å². The molecule has 1 atom stereocenters. The van der Waals surface area contributed by atoms with Gasteiger partial charge in [-0.2, -0.15) is 0 Å². The molecule has 1 unspecified atom stereocenters. The minimum atomic E-state index is -0.418. The molecular formula is C7H14BrNO2. The molecule has 0 saturated heterocycles. The van der Waals surface area contributed by atoms with E-state index >= 15 is 0 Å². The van der Waals surface area contributed by atoms with Crippen LogP contribution < -0.4 is 5.73 Å². The van der Waals surface area contributed by atoms with Crippen molar-refractivity contribution in [2.75, 3.05) is 0 Å². The van der Waals surface area contributed by atoms with E-state index in [1.165, 1.54) is 0 Å². The van der Waals surface area contributed by atoms with Gasteiger partial charge in [-0.15, -0.1) is 0 Å². The molecule has 3 nitrogen and oxygen atoms in total. The number of ether oxygens (including phenoxy) is 1. The number of nitrogens with two attached hydrogens (primary N) is 1. The molecule has 0 aliphatic carbocycles. The summed E-state index contributed by atoms with van der Waals surface area (Å²) >= 11 is 3.06. The maximum Gasteiger partial charge on any atom is 0.308 e. The van der Waals surface area contributed by atoms with Crippen LogP contribution in [0.4, 0.5) is 0 Å². The fraction of sp³-hybridized carbons (Fsp3) is 0.857. The second kappa shape index (κ2) is 4.07. The van der Waals surface area contributed by atoms with Crippen LogP contribution in [-0.2, 0) is 9.53 Å². The first kappa shape index (κ1) is 10.9. The molecule has 0 spiro atoms. The molecule has 2 N–H and O–H groups in total. The molecule has 4 heteroatoms. The summed E-state index contributed by atoms with van der Waals surface area (Å²) in [6.07, 6.45) is 0.206. The molecule has 0 rings (SSSR count). The molecule has 0 aliphatic rings. The zero-order valence-electron chi connectivity index (χ0n) is 7.06. The zero-order valence-corrected chi connectivity index (χ0v) is 8.64. The van der Waals surface area contributed by atoms with Crippen LogP contribution >= 0.6 is 15.9 Å². The van der Waals surface area contributed by atoms with Crippen LogP contribution in [0.2, 0.25) is 0 Å². The minimum Gasteiger partial charge on any atom is -0.460 e. The molecule has 0 radical (unpaired) electrons. The molecular weight excluding hydrogens is 210 g/mol. The number of alkyl halides is 1. The van der Waals surface area contributed by atoms with Crippen LogP contribution in [0.15, 0.2) is 0 Å². The van der Waals surface area contributed by atoms with Gasteiger partial charge in [0.2, 0.25) is 0 Å². The normalized spacial score (nSPS) is 14.3. The first-order chi connectivity index (χ1) is 4.81. The highest BCUT2D eigenvalue weighted by atomic mass is 79.9. The van der Waals surface area contributed by atoms with Gasteiger partial charge < -0.3 is 10.5 Å². The number of esters is 1. The van der Waals surface area contributed by atoms with Crippen molar-refractivity contribution in [3.8, 4) is 0 Å². The summed E-state index contributed by atoms with van der Waals surface area (Å²) < 4.78 is 5.00. The Kier molecular flexibility index (Phi) is 4.03. The lowest BCUT2D eigenvalue weighted by Gasteiger charge is -2.19. The monoisotopic (exact) mass is 223 g/mol. The number of carbonyl (C=O) groups excluding carboxylic acids is 1. The number of rotatable bonds is 2. The maximum atomic E-state index is 10.9. The Morgan fingerprint density at radius 2 is 2.09 bits per heavy atom. The molecule has 0 aromatic heterocycles. The third-order valence-corrected chi connectivity index (χ3v) is 1.11. The van der Waals surface area contributed by atoms with Crippen molar-refractivity contribution in [2.24, 2.45) is 5.73 Å². The number of hydrogen-bond donors (Lipinski definition) is 1. The van der Waals surface area contributed by atoms with Crippen molar-refractivity contribution in [3.63, 3.8) is 0 Å². The first-order valence-electron chi connectivity index (χ1n) is 3.43. The van der Waals surface area contributed by atoms with E-state index in [2.05, 4.69) is 15.9 Å². The molecule has 0 amide bonds. The van der Waals surface area contributed by atoms with Crippen LogP contribution in [0.3, 0.4) is 0 Å². The lowest BCUT2D eigenvalue weighted by molar-refractivity contribution is -0.154. The van der Waals surface area contributed by atoms with E-state index in [0.29, 0.717) is 0 Å². The maximum absolute atomic E-state index is 10.9. The molecule has 0 heterocycles. The Labute approximate surface area is 75.4 Å².